The summed E-state index contributed by atoms with van der Waals surface area (Å²) in [4.78, 5) is 4.79. The number of ether oxygens (including phenoxy) is 1. The summed E-state index contributed by atoms with van der Waals surface area (Å²) in [5.41, 5.74) is 7.43. The van der Waals surface area contributed by atoms with E-state index in [0.717, 1.165) is 59.8 Å². The van der Waals surface area contributed by atoms with Crippen LogP contribution in [0.4, 0.5) is 0 Å². The van der Waals surface area contributed by atoms with Crippen LogP contribution >= 0.6 is 0 Å². The largest absolute Gasteiger partial charge is 0.381 e. The molecule has 1 aliphatic heterocycles. The second kappa shape index (κ2) is 8.89. The van der Waals surface area contributed by atoms with Crippen molar-refractivity contribution in [3.05, 3.63) is 77.9 Å². The number of nitrogens with zero attached hydrogens (tertiary/aromatic N) is 6. The van der Waals surface area contributed by atoms with Gasteiger partial charge in [-0.2, -0.15) is 9.61 Å². The molecule has 0 amide bonds. The zero-order valence-corrected chi connectivity index (χ0v) is 20.4. The van der Waals surface area contributed by atoms with E-state index in [9.17, 15) is 0 Å². The summed E-state index contributed by atoms with van der Waals surface area (Å²) in [7, 11) is 0. The maximum atomic E-state index is 5.70. The van der Waals surface area contributed by atoms with E-state index in [-0.39, 0.29) is 6.04 Å². The monoisotopic (exact) mass is 466 g/mol. The number of rotatable bonds is 5. The van der Waals surface area contributed by atoms with Gasteiger partial charge >= 0.3 is 0 Å². The first-order valence-corrected chi connectivity index (χ1v) is 12.4. The maximum absolute atomic E-state index is 5.70. The van der Waals surface area contributed by atoms with E-state index < -0.39 is 0 Å². The van der Waals surface area contributed by atoms with Gasteiger partial charge in [-0.25, -0.2) is 4.98 Å². The van der Waals surface area contributed by atoms with Gasteiger partial charge in [0.05, 0.1) is 29.1 Å². The number of fused-ring (bicyclic) bond motifs is 2. The predicted molar refractivity (Wildman–Crippen MR) is 136 cm³/mol. The fraction of sp³-hybridized carbons (Fsp3) is 0.357. The molecule has 1 saturated heterocycles. The molecule has 1 aliphatic rings. The Labute approximate surface area is 204 Å². The minimum Gasteiger partial charge on any atom is -0.381 e. The summed E-state index contributed by atoms with van der Waals surface area (Å²) in [6.45, 7) is 7.94. The number of aryl methyl sites for hydroxylation is 1. The molecule has 1 atom stereocenters. The van der Waals surface area contributed by atoms with Gasteiger partial charge in [-0.15, -0.1) is 10.2 Å². The number of imidazole rings is 1. The van der Waals surface area contributed by atoms with E-state index in [1.54, 1.807) is 0 Å². The minimum atomic E-state index is 0.209. The summed E-state index contributed by atoms with van der Waals surface area (Å²) < 4.78 is 9.89. The van der Waals surface area contributed by atoms with Gasteiger partial charge in [0, 0.05) is 18.8 Å². The fourth-order valence-electron chi connectivity index (χ4n) is 5.35. The Hall–Kier alpha value is -3.58. The van der Waals surface area contributed by atoms with Crippen molar-refractivity contribution in [2.45, 2.75) is 45.6 Å². The summed E-state index contributed by atoms with van der Waals surface area (Å²) in [5, 5.41) is 13.5. The molecule has 4 heterocycles. The lowest BCUT2D eigenvalue weighted by Gasteiger charge is -2.32. The Kier molecular flexibility index (Phi) is 5.57. The highest BCUT2D eigenvalue weighted by Crippen LogP contribution is 2.37. The molecule has 0 spiro atoms. The van der Waals surface area contributed by atoms with Crippen LogP contribution in [0.25, 0.3) is 27.9 Å². The van der Waals surface area contributed by atoms with Crippen LogP contribution in [-0.4, -0.2) is 42.6 Å². The van der Waals surface area contributed by atoms with Gasteiger partial charge < -0.3 is 9.30 Å². The molecular formula is C28H30N6O. The predicted octanol–water partition coefficient (Wildman–Crippen LogP) is 5.59. The molecule has 7 heteroatoms. The Morgan fingerprint density at radius 1 is 0.971 bits per heavy atom. The van der Waals surface area contributed by atoms with Gasteiger partial charge in [-0.1, -0.05) is 50.2 Å². The van der Waals surface area contributed by atoms with E-state index in [2.05, 4.69) is 83.2 Å². The molecule has 1 fully saturated rings. The Morgan fingerprint density at radius 2 is 1.77 bits per heavy atom. The number of hydrogen-bond acceptors (Lipinski definition) is 5. The highest BCUT2D eigenvalue weighted by molar-refractivity contribution is 5.82. The number of benzene rings is 2. The van der Waals surface area contributed by atoms with E-state index in [1.165, 1.54) is 11.1 Å². The van der Waals surface area contributed by atoms with Crippen LogP contribution in [0.3, 0.4) is 0 Å². The molecule has 35 heavy (non-hydrogen) atoms. The Bertz CT molecular complexity index is 1480. The van der Waals surface area contributed by atoms with E-state index in [0.29, 0.717) is 11.8 Å². The highest BCUT2D eigenvalue weighted by Gasteiger charge is 2.28. The lowest BCUT2D eigenvalue weighted by molar-refractivity contribution is 0.0547. The SMILES string of the molecule is Cc1nnc2cc(C(C)C)c(-c3ccc4ncn(C(c5ccccc5)C5CCOCC5)c4c3)nn12. The number of aromatic nitrogens is 6. The topological polar surface area (TPSA) is 70.1 Å². The summed E-state index contributed by atoms with van der Waals surface area (Å²) in [6.07, 6.45) is 4.09. The van der Waals surface area contributed by atoms with Gasteiger partial charge in [0.25, 0.3) is 0 Å². The van der Waals surface area contributed by atoms with Gasteiger partial charge in [-0.05, 0) is 60.9 Å². The van der Waals surface area contributed by atoms with Crippen LogP contribution in [0.1, 0.15) is 55.6 Å². The second-order valence-electron chi connectivity index (χ2n) is 9.78. The first-order valence-electron chi connectivity index (χ1n) is 12.4. The van der Waals surface area contributed by atoms with E-state index in [4.69, 9.17) is 14.8 Å². The van der Waals surface area contributed by atoms with Crippen molar-refractivity contribution in [3.63, 3.8) is 0 Å². The van der Waals surface area contributed by atoms with Gasteiger partial charge in [0.2, 0.25) is 0 Å². The van der Waals surface area contributed by atoms with Crippen molar-refractivity contribution < 1.29 is 4.74 Å². The normalized spacial score (nSPS) is 15.9. The molecule has 0 bridgehead atoms. The number of hydrogen-bond donors (Lipinski definition) is 0. The van der Waals surface area contributed by atoms with Crippen LogP contribution in [-0.2, 0) is 4.74 Å². The summed E-state index contributed by atoms with van der Waals surface area (Å²) in [6, 6.07) is 19.6. The summed E-state index contributed by atoms with van der Waals surface area (Å²) >= 11 is 0. The standard InChI is InChI=1S/C28H30N6O/c1-18(2)23-16-26-31-30-19(3)34(26)32-27(23)22-9-10-24-25(15-22)33(17-29-24)28(20-7-5-4-6-8-20)21-11-13-35-14-12-21/h4-10,15-18,21,28H,11-14H2,1-3H3. The molecule has 0 radical (unpaired) electrons. The quantitative estimate of drug-likeness (QED) is 0.338. The molecule has 7 nitrogen and oxygen atoms in total. The van der Waals surface area contributed by atoms with Crippen LogP contribution < -0.4 is 0 Å². The molecule has 0 saturated carbocycles. The van der Waals surface area contributed by atoms with Gasteiger partial charge in [0.15, 0.2) is 11.5 Å². The summed E-state index contributed by atoms with van der Waals surface area (Å²) in [5.74, 6) is 1.58. The second-order valence-corrected chi connectivity index (χ2v) is 9.78. The first kappa shape index (κ1) is 21.9. The molecule has 0 N–H and O–H groups in total. The maximum Gasteiger partial charge on any atom is 0.178 e. The molecular weight excluding hydrogens is 436 g/mol. The van der Waals surface area contributed by atoms with Gasteiger partial charge in [0.1, 0.15) is 0 Å². The molecule has 3 aromatic heterocycles. The third kappa shape index (κ3) is 3.90. The van der Waals surface area contributed by atoms with Crippen molar-refractivity contribution in [2.75, 3.05) is 13.2 Å². The average molecular weight is 467 g/mol. The smallest absolute Gasteiger partial charge is 0.178 e. The van der Waals surface area contributed by atoms with E-state index >= 15 is 0 Å². The molecule has 1 unspecified atom stereocenters. The highest BCUT2D eigenvalue weighted by atomic mass is 16.5. The Balaban J connectivity index is 1.52. The Morgan fingerprint density at radius 3 is 2.54 bits per heavy atom. The molecule has 178 valence electrons. The van der Waals surface area contributed by atoms with Crippen molar-refractivity contribution in [3.8, 4) is 11.3 Å². The molecule has 6 rings (SSSR count). The van der Waals surface area contributed by atoms with Crippen LogP contribution in [0.15, 0.2) is 60.9 Å². The third-order valence-corrected chi connectivity index (χ3v) is 7.20. The lowest BCUT2D eigenvalue weighted by Crippen LogP contribution is -2.26. The fourth-order valence-corrected chi connectivity index (χ4v) is 5.35. The van der Waals surface area contributed by atoms with Crippen LogP contribution in [0, 0.1) is 12.8 Å². The van der Waals surface area contributed by atoms with Crippen LogP contribution in [0.5, 0.6) is 0 Å². The molecule has 2 aromatic carbocycles. The molecule has 0 aliphatic carbocycles. The van der Waals surface area contributed by atoms with Gasteiger partial charge in [-0.3, -0.25) is 0 Å². The zero-order valence-electron chi connectivity index (χ0n) is 20.4. The molecule has 5 aromatic rings. The van der Waals surface area contributed by atoms with Crippen molar-refractivity contribution >= 4 is 16.7 Å². The zero-order chi connectivity index (χ0) is 23.9. The van der Waals surface area contributed by atoms with Crippen LogP contribution in [0.2, 0.25) is 0 Å². The van der Waals surface area contributed by atoms with Crippen molar-refractivity contribution in [2.24, 2.45) is 5.92 Å². The average Bonchev–Trinajstić information content (AvgIpc) is 3.47. The lowest BCUT2D eigenvalue weighted by atomic mass is 9.86. The van der Waals surface area contributed by atoms with E-state index in [1.807, 2.05) is 17.8 Å². The third-order valence-electron chi connectivity index (χ3n) is 7.20. The van der Waals surface area contributed by atoms with Crippen molar-refractivity contribution in [1.29, 1.82) is 0 Å². The minimum absolute atomic E-state index is 0.209. The van der Waals surface area contributed by atoms with Crippen molar-refractivity contribution in [1.82, 2.24) is 29.4 Å². The first-order chi connectivity index (χ1) is 17.1.